The molecule has 2 N–H and O–H groups in total. The number of nitrogens with zero attached hydrogens (tertiary/aromatic N) is 3. The number of hydrogen-bond donors (Lipinski definition) is 2. The van der Waals surface area contributed by atoms with Gasteiger partial charge in [0.1, 0.15) is 16.7 Å². The summed E-state index contributed by atoms with van der Waals surface area (Å²) in [5, 5.41) is 7.93. The minimum atomic E-state index is -4.84. The van der Waals surface area contributed by atoms with E-state index in [9.17, 15) is 22.8 Å². The standard InChI is InChI=1S/C27H25F4N5O3/c1-15(33-20-14-32-35-23(37)22(20)27(29,30)31)6-5-10-36-11-9-16-12-18(26(2,28)13-17(16)25(36)38)24-34-19-7-3-4-8-21(19)39-24/h3-4,7-9,11-12,14-15H,5-6,10,13H2,1-2H3,(H2,33,35,37)/t15-,26?/m0/s1. The van der Waals surface area contributed by atoms with Crippen LogP contribution in [-0.2, 0) is 19.1 Å². The number of para-hydroxylation sites is 2. The van der Waals surface area contributed by atoms with Crippen LogP contribution >= 0.6 is 0 Å². The second kappa shape index (κ2) is 9.83. The third kappa shape index (κ3) is 5.23. The molecular weight excluding hydrogens is 518 g/mol. The lowest BCUT2D eigenvalue weighted by atomic mass is 9.82. The molecule has 0 spiro atoms. The number of halogens is 4. The van der Waals surface area contributed by atoms with Crippen molar-refractivity contribution in [2.45, 2.75) is 57.5 Å². The van der Waals surface area contributed by atoms with Crippen molar-refractivity contribution in [3.63, 3.8) is 0 Å². The third-order valence-electron chi connectivity index (χ3n) is 6.77. The monoisotopic (exact) mass is 543 g/mol. The summed E-state index contributed by atoms with van der Waals surface area (Å²) < 4.78 is 62.9. The molecule has 12 heteroatoms. The van der Waals surface area contributed by atoms with Gasteiger partial charge in [0.15, 0.2) is 5.58 Å². The van der Waals surface area contributed by atoms with E-state index in [0.717, 1.165) is 6.20 Å². The molecule has 4 aromatic rings. The topological polar surface area (TPSA) is 106 Å². The summed E-state index contributed by atoms with van der Waals surface area (Å²) in [6.07, 6.45) is -0.0177. The lowest BCUT2D eigenvalue weighted by molar-refractivity contribution is -0.138. The molecule has 0 aliphatic heterocycles. The van der Waals surface area contributed by atoms with Gasteiger partial charge in [-0.1, -0.05) is 12.1 Å². The van der Waals surface area contributed by atoms with Gasteiger partial charge in [-0.25, -0.2) is 14.5 Å². The average Bonchev–Trinajstić information content (AvgIpc) is 3.28. The number of aromatic amines is 1. The highest BCUT2D eigenvalue weighted by Crippen LogP contribution is 2.40. The molecule has 3 aromatic heterocycles. The maximum atomic E-state index is 15.8. The molecular formula is C27H25F4N5O3. The first-order chi connectivity index (χ1) is 18.4. The number of rotatable bonds is 7. The molecule has 0 saturated heterocycles. The smallest absolute Gasteiger partial charge is 0.423 e. The number of hydrogen-bond acceptors (Lipinski definition) is 6. The van der Waals surface area contributed by atoms with E-state index in [1.165, 1.54) is 11.5 Å². The van der Waals surface area contributed by atoms with Gasteiger partial charge in [0, 0.05) is 30.8 Å². The maximum Gasteiger partial charge on any atom is 0.423 e. The number of aromatic nitrogens is 4. The van der Waals surface area contributed by atoms with E-state index >= 15 is 4.39 Å². The number of oxazole rings is 1. The molecule has 2 atom stereocenters. The van der Waals surface area contributed by atoms with Gasteiger partial charge in [0.05, 0.1) is 17.5 Å². The number of H-pyrrole nitrogens is 1. The summed E-state index contributed by atoms with van der Waals surface area (Å²) in [4.78, 5) is 29.2. The molecule has 0 bridgehead atoms. The second-order valence-corrected chi connectivity index (χ2v) is 9.84. The zero-order valence-electron chi connectivity index (χ0n) is 21.1. The van der Waals surface area contributed by atoms with Gasteiger partial charge >= 0.3 is 6.18 Å². The molecule has 1 aromatic carbocycles. The number of benzene rings is 1. The van der Waals surface area contributed by atoms with Crippen molar-refractivity contribution in [2.24, 2.45) is 0 Å². The zero-order chi connectivity index (χ0) is 27.9. The molecule has 1 aliphatic rings. The Bertz CT molecular complexity index is 1650. The fourth-order valence-electron chi connectivity index (χ4n) is 4.82. The summed E-state index contributed by atoms with van der Waals surface area (Å²) in [5.41, 5.74) is -2.96. The first kappa shape index (κ1) is 26.4. The molecule has 5 rings (SSSR count). The summed E-state index contributed by atoms with van der Waals surface area (Å²) in [5.74, 6) is 0.168. The number of pyridine rings is 1. The van der Waals surface area contributed by atoms with E-state index in [-0.39, 0.29) is 30.0 Å². The van der Waals surface area contributed by atoms with Gasteiger partial charge < -0.3 is 14.3 Å². The van der Waals surface area contributed by atoms with Crippen LogP contribution in [0.2, 0.25) is 0 Å². The fraction of sp³-hybridized carbons (Fsp3) is 0.333. The molecule has 39 heavy (non-hydrogen) atoms. The van der Waals surface area contributed by atoms with Crippen molar-refractivity contribution in [3.05, 3.63) is 86.0 Å². The Kier molecular flexibility index (Phi) is 6.65. The van der Waals surface area contributed by atoms with E-state index < -0.39 is 34.7 Å². The first-order valence-electron chi connectivity index (χ1n) is 12.3. The van der Waals surface area contributed by atoms with Crippen LogP contribution in [0.5, 0.6) is 0 Å². The zero-order valence-corrected chi connectivity index (χ0v) is 21.1. The molecule has 0 radical (unpaired) electrons. The summed E-state index contributed by atoms with van der Waals surface area (Å²) >= 11 is 0. The van der Waals surface area contributed by atoms with Crippen molar-refractivity contribution in [2.75, 3.05) is 5.32 Å². The third-order valence-corrected chi connectivity index (χ3v) is 6.77. The predicted octanol–water partition coefficient (Wildman–Crippen LogP) is 5.20. The SMILES string of the molecule is C[C@@H](CCCn1ccc2c(c1=O)CC(C)(F)C(c1nc3ccccc3o1)=C2)Nc1cn[nH]c(=O)c1C(F)(F)F. The largest absolute Gasteiger partial charge is 0.436 e. The fourth-order valence-corrected chi connectivity index (χ4v) is 4.82. The second-order valence-electron chi connectivity index (χ2n) is 9.84. The number of nitrogens with one attached hydrogen (secondary N) is 2. The van der Waals surface area contributed by atoms with Crippen LogP contribution in [0.15, 0.2) is 56.7 Å². The van der Waals surface area contributed by atoms with E-state index in [1.807, 2.05) is 6.07 Å². The number of anilines is 1. The summed E-state index contributed by atoms with van der Waals surface area (Å²) in [6, 6.07) is 8.42. The minimum absolute atomic E-state index is 0.152. The van der Waals surface area contributed by atoms with Crippen molar-refractivity contribution in [1.82, 2.24) is 19.7 Å². The summed E-state index contributed by atoms with van der Waals surface area (Å²) in [6.45, 7) is 3.34. The van der Waals surface area contributed by atoms with Crippen LogP contribution in [0.25, 0.3) is 22.7 Å². The van der Waals surface area contributed by atoms with E-state index in [4.69, 9.17) is 4.42 Å². The Balaban J connectivity index is 1.30. The van der Waals surface area contributed by atoms with Crippen molar-refractivity contribution < 1.29 is 22.0 Å². The summed E-state index contributed by atoms with van der Waals surface area (Å²) in [7, 11) is 0. The number of allylic oxidation sites excluding steroid dienone is 1. The molecule has 0 amide bonds. The van der Waals surface area contributed by atoms with Crippen molar-refractivity contribution in [3.8, 4) is 0 Å². The molecule has 204 valence electrons. The normalized spacial score (nSPS) is 18.1. The van der Waals surface area contributed by atoms with Crippen molar-refractivity contribution in [1.29, 1.82) is 0 Å². The molecule has 1 unspecified atom stereocenters. The lowest BCUT2D eigenvalue weighted by Crippen LogP contribution is -2.34. The van der Waals surface area contributed by atoms with Crippen molar-refractivity contribution >= 4 is 28.4 Å². The van der Waals surface area contributed by atoms with Gasteiger partial charge in [-0.3, -0.25) is 9.59 Å². The van der Waals surface area contributed by atoms with Gasteiger partial charge in [-0.2, -0.15) is 18.3 Å². The minimum Gasteiger partial charge on any atom is -0.436 e. The predicted molar refractivity (Wildman–Crippen MR) is 138 cm³/mol. The Hall–Kier alpha value is -4.22. The Morgan fingerprint density at radius 1 is 1.23 bits per heavy atom. The van der Waals surface area contributed by atoms with Crippen LogP contribution < -0.4 is 16.4 Å². The van der Waals surface area contributed by atoms with E-state index in [1.54, 1.807) is 48.6 Å². The van der Waals surface area contributed by atoms with Gasteiger partial charge in [0.2, 0.25) is 5.89 Å². The highest BCUT2D eigenvalue weighted by molar-refractivity contribution is 5.88. The highest BCUT2D eigenvalue weighted by atomic mass is 19.4. The van der Waals surface area contributed by atoms with Gasteiger partial charge in [0.25, 0.3) is 11.1 Å². The van der Waals surface area contributed by atoms with Crippen LogP contribution in [-0.4, -0.2) is 31.5 Å². The highest BCUT2D eigenvalue weighted by Gasteiger charge is 2.39. The number of alkyl halides is 4. The van der Waals surface area contributed by atoms with E-state index in [0.29, 0.717) is 35.1 Å². The number of aryl methyl sites for hydroxylation is 1. The van der Waals surface area contributed by atoms with Crippen LogP contribution in [0.4, 0.5) is 23.2 Å². The lowest BCUT2D eigenvalue weighted by Gasteiger charge is -2.27. The molecule has 3 heterocycles. The molecule has 1 aliphatic carbocycles. The Labute approximate surface area is 219 Å². The van der Waals surface area contributed by atoms with Gasteiger partial charge in [-0.05, 0) is 56.5 Å². The van der Waals surface area contributed by atoms with Crippen LogP contribution in [0.3, 0.4) is 0 Å². The number of fused-ring (bicyclic) bond motifs is 2. The van der Waals surface area contributed by atoms with Crippen LogP contribution in [0.1, 0.15) is 49.3 Å². The Morgan fingerprint density at radius 3 is 2.74 bits per heavy atom. The molecule has 8 nitrogen and oxygen atoms in total. The van der Waals surface area contributed by atoms with Gasteiger partial charge in [-0.15, -0.1) is 0 Å². The molecule has 0 saturated carbocycles. The maximum absolute atomic E-state index is 15.8. The van der Waals surface area contributed by atoms with Crippen LogP contribution in [0, 0.1) is 0 Å². The van der Waals surface area contributed by atoms with E-state index in [2.05, 4.69) is 15.4 Å². The molecule has 0 fully saturated rings. The quantitative estimate of drug-likeness (QED) is 0.311. The first-order valence-corrected chi connectivity index (χ1v) is 12.3. The Morgan fingerprint density at radius 2 is 2.00 bits per heavy atom. The average molecular weight is 544 g/mol.